The average Bonchev–Trinajstić information content (AvgIpc) is 2.87. The number of aryl methyl sites for hydroxylation is 2. The predicted octanol–water partition coefficient (Wildman–Crippen LogP) is 1.02. The second-order valence-corrected chi connectivity index (χ2v) is 5.42. The van der Waals surface area contributed by atoms with Crippen LogP contribution in [-0.2, 0) is 20.6 Å². The fourth-order valence-corrected chi connectivity index (χ4v) is 2.64. The molecule has 126 valence electrons. The van der Waals surface area contributed by atoms with Crippen molar-refractivity contribution in [1.29, 1.82) is 0 Å². The SMILES string of the molecule is CCOc1nc2c(c(=O)n(Cc3cccc(F)c3)c(=O)n2C)n1C. The standard InChI is InChI=1S/C16H17FN4O3/c1-4-24-15-18-13-12(19(15)2)14(22)21(16(23)20(13)3)9-10-6-5-7-11(17)8-10/h5-8H,4,9H2,1-3H3. The van der Waals surface area contributed by atoms with Crippen molar-refractivity contribution in [2.45, 2.75) is 13.5 Å². The van der Waals surface area contributed by atoms with Gasteiger partial charge in [0.2, 0.25) is 0 Å². The zero-order valence-corrected chi connectivity index (χ0v) is 13.6. The molecule has 2 aromatic heterocycles. The monoisotopic (exact) mass is 332 g/mol. The predicted molar refractivity (Wildman–Crippen MR) is 86.9 cm³/mol. The summed E-state index contributed by atoms with van der Waals surface area (Å²) in [7, 11) is 3.19. The fraction of sp³-hybridized carbons (Fsp3) is 0.312. The number of imidazole rings is 1. The number of rotatable bonds is 4. The van der Waals surface area contributed by atoms with Gasteiger partial charge in [-0.3, -0.25) is 18.5 Å². The third-order valence-electron chi connectivity index (χ3n) is 3.82. The molecule has 7 nitrogen and oxygen atoms in total. The molecule has 0 aliphatic carbocycles. The van der Waals surface area contributed by atoms with Crippen molar-refractivity contribution in [1.82, 2.24) is 18.7 Å². The molecule has 0 amide bonds. The van der Waals surface area contributed by atoms with Gasteiger partial charge in [0.15, 0.2) is 11.2 Å². The molecule has 0 unspecified atom stereocenters. The molecule has 0 aliphatic heterocycles. The van der Waals surface area contributed by atoms with E-state index < -0.39 is 17.1 Å². The molecular weight excluding hydrogens is 315 g/mol. The largest absolute Gasteiger partial charge is 0.465 e. The Balaban J connectivity index is 2.24. The van der Waals surface area contributed by atoms with Crippen molar-refractivity contribution in [3.63, 3.8) is 0 Å². The highest BCUT2D eigenvalue weighted by atomic mass is 19.1. The Morgan fingerprint density at radius 2 is 1.96 bits per heavy atom. The first-order chi connectivity index (χ1) is 11.4. The molecule has 0 aliphatic rings. The Morgan fingerprint density at radius 3 is 2.62 bits per heavy atom. The second-order valence-electron chi connectivity index (χ2n) is 5.42. The zero-order chi connectivity index (χ0) is 17.4. The molecule has 0 bridgehead atoms. The summed E-state index contributed by atoms with van der Waals surface area (Å²) < 4.78 is 22.6. The van der Waals surface area contributed by atoms with E-state index in [-0.39, 0.29) is 23.7 Å². The van der Waals surface area contributed by atoms with E-state index in [0.717, 1.165) is 4.57 Å². The summed E-state index contributed by atoms with van der Waals surface area (Å²) in [5.41, 5.74) is 0.0420. The zero-order valence-electron chi connectivity index (χ0n) is 13.6. The fourth-order valence-electron chi connectivity index (χ4n) is 2.64. The third kappa shape index (κ3) is 2.49. The third-order valence-corrected chi connectivity index (χ3v) is 3.82. The molecule has 0 atom stereocenters. The maximum absolute atomic E-state index is 13.4. The Kier molecular flexibility index (Phi) is 3.96. The molecule has 1 aromatic carbocycles. The second kappa shape index (κ2) is 5.95. The van der Waals surface area contributed by atoms with Crippen LogP contribution in [0.15, 0.2) is 33.9 Å². The Bertz CT molecular complexity index is 1030. The van der Waals surface area contributed by atoms with E-state index in [9.17, 15) is 14.0 Å². The van der Waals surface area contributed by atoms with Crippen LogP contribution in [0.25, 0.3) is 11.2 Å². The Morgan fingerprint density at radius 1 is 1.21 bits per heavy atom. The molecule has 0 saturated heterocycles. The topological polar surface area (TPSA) is 71.1 Å². The molecule has 3 rings (SSSR count). The summed E-state index contributed by atoms with van der Waals surface area (Å²) in [6.45, 7) is 2.18. The van der Waals surface area contributed by atoms with Gasteiger partial charge >= 0.3 is 5.69 Å². The summed E-state index contributed by atoms with van der Waals surface area (Å²) in [5.74, 6) is -0.419. The lowest BCUT2D eigenvalue weighted by atomic mass is 10.2. The number of nitrogens with zero attached hydrogens (tertiary/aromatic N) is 4. The van der Waals surface area contributed by atoms with E-state index in [0.29, 0.717) is 12.2 Å². The van der Waals surface area contributed by atoms with Crippen molar-refractivity contribution in [3.8, 4) is 6.01 Å². The van der Waals surface area contributed by atoms with Gasteiger partial charge in [0.1, 0.15) is 5.82 Å². The van der Waals surface area contributed by atoms with Crippen molar-refractivity contribution in [2.75, 3.05) is 6.61 Å². The summed E-state index contributed by atoms with van der Waals surface area (Å²) in [6.07, 6.45) is 0. The number of aromatic nitrogens is 4. The highest BCUT2D eigenvalue weighted by molar-refractivity contribution is 5.71. The summed E-state index contributed by atoms with van der Waals surface area (Å²) in [4.78, 5) is 29.5. The molecule has 24 heavy (non-hydrogen) atoms. The smallest absolute Gasteiger partial charge is 0.332 e. The lowest BCUT2D eigenvalue weighted by Gasteiger charge is -2.08. The molecule has 0 saturated carbocycles. The van der Waals surface area contributed by atoms with Gasteiger partial charge in [0, 0.05) is 14.1 Å². The molecule has 0 fully saturated rings. The van der Waals surface area contributed by atoms with Crippen LogP contribution < -0.4 is 16.0 Å². The molecule has 0 radical (unpaired) electrons. The maximum atomic E-state index is 13.4. The molecular formula is C16H17FN4O3. The number of benzene rings is 1. The average molecular weight is 332 g/mol. The van der Waals surface area contributed by atoms with Crippen LogP contribution in [0, 0.1) is 5.82 Å². The van der Waals surface area contributed by atoms with Crippen LogP contribution in [0.1, 0.15) is 12.5 Å². The summed E-state index contributed by atoms with van der Waals surface area (Å²) in [6, 6.07) is 6.07. The first kappa shape index (κ1) is 16.0. The number of fused-ring (bicyclic) bond motifs is 1. The van der Waals surface area contributed by atoms with Crippen LogP contribution >= 0.6 is 0 Å². The Labute approximate surface area is 136 Å². The van der Waals surface area contributed by atoms with Gasteiger partial charge < -0.3 is 4.74 Å². The quantitative estimate of drug-likeness (QED) is 0.715. The highest BCUT2D eigenvalue weighted by Gasteiger charge is 2.19. The minimum atomic E-state index is -0.516. The van der Waals surface area contributed by atoms with E-state index in [1.54, 1.807) is 20.0 Å². The molecule has 8 heteroatoms. The molecule has 2 heterocycles. The van der Waals surface area contributed by atoms with Gasteiger partial charge in [-0.1, -0.05) is 12.1 Å². The molecule has 3 aromatic rings. The molecule has 0 N–H and O–H groups in total. The maximum Gasteiger partial charge on any atom is 0.332 e. The van der Waals surface area contributed by atoms with Gasteiger partial charge in [-0.2, -0.15) is 4.98 Å². The van der Waals surface area contributed by atoms with Crippen LogP contribution in [-0.4, -0.2) is 25.3 Å². The van der Waals surface area contributed by atoms with Crippen molar-refractivity contribution in [3.05, 3.63) is 56.5 Å². The first-order valence-electron chi connectivity index (χ1n) is 7.47. The van der Waals surface area contributed by atoms with Crippen LogP contribution in [0.3, 0.4) is 0 Å². The molecule has 0 spiro atoms. The van der Waals surface area contributed by atoms with E-state index in [1.165, 1.54) is 34.4 Å². The van der Waals surface area contributed by atoms with Crippen molar-refractivity contribution >= 4 is 11.2 Å². The normalized spacial score (nSPS) is 11.2. The van der Waals surface area contributed by atoms with Crippen LogP contribution in [0.2, 0.25) is 0 Å². The van der Waals surface area contributed by atoms with Gasteiger partial charge in [0.05, 0.1) is 13.2 Å². The van der Waals surface area contributed by atoms with Gasteiger partial charge in [-0.15, -0.1) is 0 Å². The van der Waals surface area contributed by atoms with Gasteiger partial charge in [0.25, 0.3) is 11.6 Å². The first-order valence-corrected chi connectivity index (χ1v) is 7.47. The van der Waals surface area contributed by atoms with Crippen molar-refractivity contribution in [2.24, 2.45) is 14.1 Å². The lowest BCUT2D eigenvalue weighted by molar-refractivity contribution is 0.304. The van der Waals surface area contributed by atoms with E-state index in [1.807, 2.05) is 0 Å². The minimum absolute atomic E-state index is 0.0195. The number of ether oxygens (including phenoxy) is 1. The van der Waals surface area contributed by atoms with Gasteiger partial charge in [-0.05, 0) is 24.6 Å². The highest BCUT2D eigenvalue weighted by Crippen LogP contribution is 2.15. The number of halogens is 1. The lowest BCUT2D eigenvalue weighted by Crippen LogP contribution is -2.39. The van der Waals surface area contributed by atoms with Crippen LogP contribution in [0.5, 0.6) is 6.01 Å². The van der Waals surface area contributed by atoms with E-state index in [4.69, 9.17) is 4.74 Å². The van der Waals surface area contributed by atoms with Crippen LogP contribution in [0.4, 0.5) is 4.39 Å². The number of hydrogen-bond acceptors (Lipinski definition) is 4. The minimum Gasteiger partial charge on any atom is -0.465 e. The van der Waals surface area contributed by atoms with Gasteiger partial charge in [-0.25, -0.2) is 9.18 Å². The summed E-state index contributed by atoms with van der Waals surface area (Å²) in [5, 5.41) is 0. The summed E-state index contributed by atoms with van der Waals surface area (Å²) >= 11 is 0. The van der Waals surface area contributed by atoms with E-state index >= 15 is 0 Å². The van der Waals surface area contributed by atoms with Crippen molar-refractivity contribution < 1.29 is 9.13 Å². The number of hydrogen-bond donors (Lipinski definition) is 0. The Hall–Kier alpha value is -2.90. The van der Waals surface area contributed by atoms with E-state index in [2.05, 4.69) is 4.98 Å².